The van der Waals surface area contributed by atoms with E-state index < -0.39 is 6.04 Å². The van der Waals surface area contributed by atoms with Crippen molar-refractivity contribution in [2.75, 3.05) is 11.4 Å². The van der Waals surface area contributed by atoms with Gasteiger partial charge in [-0.1, -0.05) is 37.6 Å². The second-order valence-electron chi connectivity index (χ2n) is 8.14. The molecule has 29 heavy (non-hydrogen) atoms. The molecule has 1 unspecified atom stereocenters. The van der Waals surface area contributed by atoms with Crippen LogP contribution >= 0.6 is 0 Å². The van der Waals surface area contributed by atoms with Crippen molar-refractivity contribution in [3.05, 3.63) is 65.4 Å². The third-order valence-corrected chi connectivity index (χ3v) is 5.67. The minimum absolute atomic E-state index is 0.146. The number of aromatic nitrogens is 1. The molecule has 3 aromatic rings. The fourth-order valence-corrected chi connectivity index (χ4v) is 3.95. The van der Waals surface area contributed by atoms with E-state index in [1.807, 2.05) is 30.5 Å². The summed E-state index contributed by atoms with van der Waals surface area (Å²) in [5, 5.41) is 4.50. The van der Waals surface area contributed by atoms with Crippen LogP contribution in [-0.2, 0) is 16.0 Å². The van der Waals surface area contributed by atoms with E-state index >= 15 is 0 Å². The van der Waals surface area contributed by atoms with Crippen LogP contribution in [0.3, 0.4) is 0 Å². The van der Waals surface area contributed by atoms with Gasteiger partial charge in [0.15, 0.2) is 0 Å². The molecule has 0 radical (unpaired) electrons. The Hall–Kier alpha value is -2.92. The van der Waals surface area contributed by atoms with Crippen molar-refractivity contribution in [1.29, 1.82) is 0 Å². The van der Waals surface area contributed by atoms with Crippen molar-refractivity contribution in [3.8, 4) is 0 Å². The van der Waals surface area contributed by atoms with Gasteiger partial charge >= 0.3 is 0 Å². The van der Waals surface area contributed by atoms with Gasteiger partial charge in [0.25, 0.3) is 5.91 Å². The largest absolute Gasteiger partial charge is 0.361 e. The Kier molecular flexibility index (Phi) is 5.24. The number of nitrogens with zero attached hydrogens (tertiary/aromatic N) is 1. The first-order valence-electron chi connectivity index (χ1n) is 10.2. The summed E-state index contributed by atoms with van der Waals surface area (Å²) in [6.07, 6.45) is 3.03. The lowest BCUT2D eigenvalue weighted by Crippen LogP contribution is -2.39. The lowest BCUT2D eigenvalue weighted by atomic mass is 10.0. The van der Waals surface area contributed by atoms with Crippen molar-refractivity contribution in [1.82, 2.24) is 10.3 Å². The zero-order valence-corrected chi connectivity index (χ0v) is 17.2. The number of rotatable bonds is 6. The Labute approximate surface area is 171 Å². The molecule has 0 aliphatic carbocycles. The number of carbonyl (C=O) groups is 2. The summed E-state index contributed by atoms with van der Waals surface area (Å²) in [4.78, 5) is 29.9. The normalized spacial score (nSPS) is 17.1. The molecule has 0 saturated carbocycles. The maximum absolute atomic E-state index is 12.8. The van der Waals surface area contributed by atoms with Crippen LogP contribution in [0.2, 0.25) is 0 Å². The van der Waals surface area contributed by atoms with E-state index in [9.17, 15) is 9.59 Å². The fraction of sp³-hybridized carbons (Fsp3) is 0.333. The number of carbonyl (C=O) groups excluding carboxylic acids is 2. The predicted octanol–water partition coefficient (Wildman–Crippen LogP) is 4.06. The number of aryl methyl sites for hydroxylation is 1. The lowest BCUT2D eigenvalue weighted by molar-refractivity contribution is -0.121. The molecule has 5 nitrogen and oxygen atoms in total. The molecular weight excluding hydrogens is 362 g/mol. The van der Waals surface area contributed by atoms with Crippen molar-refractivity contribution >= 4 is 28.4 Å². The highest BCUT2D eigenvalue weighted by Gasteiger charge is 2.39. The van der Waals surface area contributed by atoms with E-state index in [-0.39, 0.29) is 18.2 Å². The van der Waals surface area contributed by atoms with Crippen LogP contribution < -0.4 is 10.2 Å². The quantitative estimate of drug-likeness (QED) is 0.625. The first-order valence-corrected chi connectivity index (χ1v) is 10.2. The molecule has 2 heterocycles. The first-order chi connectivity index (χ1) is 13.9. The van der Waals surface area contributed by atoms with Gasteiger partial charge in [-0.15, -0.1) is 0 Å². The molecule has 1 saturated heterocycles. The maximum Gasteiger partial charge on any atom is 0.251 e. The molecule has 2 aromatic carbocycles. The predicted molar refractivity (Wildman–Crippen MR) is 116 cm³/mol. The standard InChI is InChI=1S/C24H27N3O2/c1-15(2)17-5-7-19(8-6-17)27-23(28)13-22(24(27)29)25-11-10-18-14-26-21-9-4-16(3)12-20(18)21/h4-9,12,14-15,22,25-26H,10-11,13H2,1-3H3. The van der Waals surface area contributed by atoms with Gasteiger partial charge in [-0.05, 0) is 54.7 Å². The van der Waals surface area contributed by atoms with Gasteiger partial charge in [0, 0.05) is 23.6 Å². The van der Waals surface area contributed by atoms with E-state index in [1.54, 1.807) is 0 Å². The number of imide groups is 1. The monoisotopic (exact) mass is 389 g/mol. The summed E-state index contributed by atoms with van der Waals surface area (Å²) in [6.45, 7) is 6.97. The van der Waals surface area contributed by atoms with Crippen LogP contribution in [0.5, 0.6) is 0 Å². The smallest absolute Gasteiger partial charge is 0.251 e. The molecule has 1 aromatic heterocycles. The van der Waals surface area contributed by atoms with Gasteiger partial charge in [-0.25, -0.2) is 4.90 Å². The van der Waals surface area contributed by atoms with Crippen LogP contribution in [0, 0.1) is 6.92 Å². The van der Waals surface area contributed by atoms with Crippen LogP contribution in [-0.4, -0.2) is 29.4 Å². The van der Waals surface area contributed by atoms with Crippen LogP contribution in [0.25, 0.3) is 10.9 Å². The number of aromatic amines is 1. The highest BCUT2D eigenvalue weighted by molar-refractivity contribution is 6.22. The van der Waals surface area contributed by atoms with E-state index in [0.29, 0.717) is 18.2 Å². The molecule has 1 atom stereocenters. The molecule has 4 rings (SSSR count). The minimum Gasteiger partial charge on any atom is -0.361 e. The van der Waals surface area contributed by atoms with Gasteiger partial charge in [-0.2, -0.15) is 0 Å². The molecule has 150 valence electrons. The highest BCUT2D eigenvalue weighted by atomic mass is 16.2. The Morgan fingerprint density at radius 1 is 1.14 bits per heavy atom. The number of hydrogen-bond acceptors (Lipinski definition) is 3. The summed E-state index contributed by atoms with van der Waals surface area (Å²) >= 11 is 0. The zero-order chi connectivity index (χ0) is 20.5. The molecule has 0 spiro atoms. The SMILES string of the molecule is Cc1ccc2[nH]cc(CCNC3CC(=O)N(c4ccc(C(C)C)cc4)C3=O)c2c1. The second kappa shape index (κ2) is 7.84. The van der Waals surface area contributed by atoms with Crippen LogP contribution in [0.15, 0.2) is 48.7 Å². The van der Waals surface area contributed by atoms with Crippen LogP contribution in [0.4, 0.5) is 5.69 Å². The Morgan fingerprint density at radius 2 is 1.90 bits per heavy atom. The number of nitrogens with one attached hydrogen (secondary N) is 2. The summed E-state index contributed by atoms with van der Waals surface area (Å²) in [5.74, 6) is 0.103. The molecule has 2 N–H and O–H groups in total. The molecule has 1 fully saturated rings. The molecule has 0 bridgehead atoms. The second-order valence-corrected chi connectivity index (χ2v) is 8.14. The number of H-pyrrole nitrogens is 1. The van der Waals surface area contributed by atoms with Crippen LogP contribution in [0.1, 0.15) is 42.9 Å². The van der Waals surface area contributed by atoms with E-state index in [1.165, 1.54) is 27.0 Å². The summed E-state index contributed by atoms with van der Waals surface area (Å²) < 4.78 is 0. The van der Waals surface area contributed by atoms with E-state index in [4.69, 9.17) is 0 Å². The number of fused-ring (bicyclic) bond motifs is 1. The van der Waals surface area contributed by atoms with E-state index in [0.717, 1.165) is 11.9 Å². The number of benzene rings is 2. The Morgan fingerprint density at radius 3 is 2.62 bits per heavy atom. The van der Waals surface area contributed by atoms with Gasteiger partial charge in [-0.3, -0.25) is 9.59 Å². The summed E-state index contributed by atoms with van der Waals surface area (Å²) in [7, 11) is 0. The molecule has 1 aliphatic heterocycles. The first kappa shape index (κ1) is 19.4. The van der Waals surface area contributed by atoms with Gasteiger partial charge in [0.2, 0.25) is 5.91 Å². The molecule has 5 heteroatoms. The van der Waals surface area contributed by atoms with E-state index in [2.05, 4.69) is 49.3 Å². The lowest BCUT2D eigenvalue weighted by Gasteiger charge is -2.16. The molecule has 2 amide bonds. The zero-order valence-electron chi connectivity index (χ0n) is 17.2. The summed E-state index contributed by atoms with van der Waals surface area (Å²) in [6, 6.07) is 13.6. The Balaban J connectivity index is 1.40. The Bertz CT molecular complexity index is 1050. The third-order valence-electron chi connectivity index (χ3n) is 5.67. The average Bonchev–Trinajstić information content (AvgIpc) is 3.22. The average molecular weight is 389 g/mol. The van der Waals surface area contributed by atoms with Gasteiger partial charge < -0.3 is 10.3 Å². The maximum atomic E-state index is 12.8. The third kappa shape index (κ3) is 3.83. The highest BCUT2D eigenvalue weighted by Crippen LogP contribution is 2.25. The number of anilines is 1. The molecular formula is C24H27N3O2. The summed E-state index contributed by atoms with van der Waals surface area (Å²) in [5.41, 5.74) is 5.40. The number of amides is 2. The molecule has 1 aliphatic rings. The number of hydrogen-bond donors (Lipinski definition) is 2. The van der Waals surface area contributed by atoms with Crippen molar-refractivity contribution in [3.63, 3.8) is 0 Å². The topological polar surface area (TPSA) is 65.2 Å². The van der Waals surface area contributed by atoms with Gasteiger partial charge in [0.1, 0.15) is 0 Å². The fourth-order valence-electron chi connectivity index (χ4n) is 3.95. The minimum atomic E-state index is -0.459. The van der Waals surface area contributed by atoms with Crippen molar-refractivity contribution in [2.45, 2.75) is 45.6 Å². The van der Waals surface area contributed by atoms with Crippen molar-refractivity contribution in [2.24, 2.45) is 0 Å². The van der Waals surface area contributed by atoms with Crippen molar-refractivity contribution < 1.29 is 9.59 Å². The van der Waals surface area contributed by atoms with Gasteiger partial charge in [0.05, 0.1) is 18.2 Å².